The average Bonchev–Trinajstić information content (AvgIpc) is 2.49. The number of nitrogens with one attached hydrogen (secondary N) is 1. The Morgan fingerprint density at radius 2 is 1.90 bits per heavy atom. The van der Waals surface area contributed by atoms with E-state index in [1.54, 1.807) is 23.9 Å². The second-order valence-corrected chi connectivity index (χ2v) is 5.50. The number of carbonyl (C=O) groups is 1. The fourth-order valence-corrected chi connectivity index (χ4v) is 2.50. The summed E-state index contributed by atoms with van der Waals surface area (Å²) in [5.74, 6) is 0.192. The molecule has 2 aromatic carbocycles. The van der Waals surface area contributed by atoms with E-state index in [2.05, 4.69) is 5.32 Å². The standard InChI is InChI=1S/C16H16FNO2S/c1-2-21-15-10-6-4-8-13(15)18-16(19)11-20-14-9-5-3-7-12(14)17/h3-10H,2,11H2,1H3,(H,18,19). The van der Waals surface area contributed by atoms with Crippen molar-refractivity contribution in [1.82, 2.24) is 0 Å². The maximum absolute atomic E-state index is 13.4. The van der Waals surface area contributed by atoms with Crippen LogP contribution in [0.15, 0.2) is 53.4 Å². The minimum atomic E-state index is -0.479. The summed E-state index contributed by atoms with van der Waals surface area (Å²) in [6.07, 6.45) is 0. The van der Waals surface area contributed by atoms with E-state index in [0.717, 1.165) is 16.3 Å². The Hall–Kier alpha value is -2.01. The number of rotatable bonds is 6. The molecule has 0 spiro atoms. The van der Waals surface area contributed by atoms with E-state index >= 15 is 0 Å². The Labute approximate surface area is 127 Å². The van der Waals surface area contributed by atoms with Crippen LogP contribution in [0.25, 0.3) is 0 Å². The topological polar surface area (TPSA) is 38.3 Å². The highest BCUT2D eigenvalue weighted by molar-refractivity contribution is 7.99. The lowest BCUT2D eigenvalue weighted by atomic mass is 10.3. The van der Waals surface area contributed by atoms with E-state index in [4.69, 9.17) is 4.74 Å². The van der Waals surface area contributed by atoms with Crippen LogP contribution in [0.3, 0.4) is 0 Å². The summed E-state index contributed by atoms with van der Waals surface area (Å²) in [4.78, 5) is 12.9. The fourth-order valence-electron chi connectivity index (χ4n) is 1.74. The van der Waals surface area contributed by atoms with Crippen LogP contribution >= 0.6 is 11.8 Å². The second-order valence-electron chi connectivity index (χ2n) is 4.20. The third-order valence-electron chi connectivity index (χ3n) is 2.66. The molecule has 1 amide bonds. The summed E-state index contributed by atoms with van der Waals surface area (Å²) in [6.45, 7) is 1.82. The van der Waals surface area contributed by atoms with Gasteiger partial charge in [0.1, 0.15) is 0 Å². The maximum atomic E-state index is 13.4. The third-order valence-corrected chi connectivity index (χ3v) is 3.61. The number of halogens is 1. The van der Waals surface area contributed by atoms with Crippen molar-refractivity contribution in [1.29, 1.82) is 0 Å². The van der Waals surface area contributed by atoms with Crippen molar-refractivity contribution < 1.29 is 13.9 Å². The molecule has 0 radical (unpaired) electrons. The number of carbonyl (C=O) groups excluding carboxylic acids is 1. The first-order valence-electron chi connectivity index (χ1n) is 6.59. The molecule has 2 rings (SSSR count). The zero-order valence-corrected chi connectivity index (χ0v) is 12.5. The van der Waals surface area contributed by atoms with Gasteiger partial charge in [0.15, 0.2) is 18.2 Å². The van der Waals surface area contributed by atoms with Crippen LogP contribution < -0.4 is 10.1 Å². The molecule has 5 heteroatoms. The normalized spacial score (nSPS) is 10.2. The van der Waals surface area contributed by atoms with E-state index in [9.17, 15) is 9.18 Å². The summed E-state index contributed by atoms with van der Waals surface area (Å²) < 4.78 is 18.5. The summed E-state index contributed by atoms with van der Waals surface area (Å²) in [5.41, 5.74) is 0.742. The lowest BCUT2D eigenvalue weighted by molar-refractivity contribution is -0.118. The molecule has 0 unspecified atom stereocenters. The molecule has 3 nitrogen and oxygen atoms in total. The Morgan fingerprint density at radius 1 is 1.19 bits per heavy atom. The lowest BCUT2D eigenvalue weighted by Crippen LogP contribution is -2.20. The molecule has 0 fully saturated rings. The van der Waals surface area contributed by atoms with Crippen LogP contribution in [-0.4, -0.2) is 18.3 Å². The van der Waals surface area contributed by atoms with Crippen molar-refractivity contribution >= 4 is 23.4 Å². The highest BCUT2D eigenvalue weighted by Gasteiger charge is 2.09. The van der Waals surface area contributed by atoms with Gasteiger partial charge in [-0.1, -0.05) is 31.2 Å². The predicted octanol–water partition coefficient (Wildman–Crippen LogP) is 3.96. The number of hydrogen-bond acceptors (Lipinski definition) is 3. The van der Waals surface area contributed by atoms with E-state index in [0.29, 0.717) is 0 Å². The van der Waals surface area contributed by atoms with Crippen LogP contribution in [0.4, 0.5) is 10.1 Å². The van der Waals surface area contributed by atoms with Crippen molar-refractivity contribution in [2.45, 2.75) is 11.8 Å². The monoisotopic (exact) mass is 305 g/mol. The second kappa shape index (κ2) is 7.69. The summed E-state index contributed by atoms with van der Waals surface area (Å²) in [5, 5.41) is 2.78. The molecule has 2 aromatic rings. The van der Waals surface area contributed by atoms with Crippen molar-refractivity contribution in [3.63, 3.8) is 0 Å². The fraction of sp³-hybridized carbons (Fsp3) is 0.188. The molecule has 0 aliphatic heterocycles. The zero-order valence-electron chi connectivity index (χ0n) is 11.6. The van der Waals surface area contributed by atoms with Gasteiger partial charge in [0.05, 0.1) is 5.69 Å². The SMILES string of the molecule is CCSc1ccccc1NC(=O)COc1ccccc1F. The summed E-state index contributed by atoms with van der Waals surface area (Å²) in [7, 11) is 0. The Bertz CT molecular complexity index is 619. The molecule has 0 heterocycles. The van der Waals surface area contributed by atoms with E-state index in [-0.39, 0.29) is 18.3 Å². The lowest BCUT2D eigenvalue weighted by Gasteiger charge is -2.11. The third kappa shape index (κ3) is 4.49. The number of amides is 1. The molecular formula is C16H16FNO2S. The molecule has 0 saturated heterocycles. The smallest absolute Gasteiger partial charge is 0.262 e. The van der Waals surface area contributed by atoms with Gasteiger partial charge < -0.3 is 10.1 Å². The van der Waals surface area contributed by atoms with Gasteiger partial charge in [-0.15, -0.1) is 11.8 Å². The molecule has 0 aliphatic carbocycles. The first-order chi connectivity index (χ1) is 10.2. The van der Waals surface area contributed by atoms with Gasteiger partial charge >= 0.3 is 0 Å². The Morgan fingerprint density at radius 3 is 2.67 bits per heavy atom. The van der Waals surface area contributed by atoms with Crippen molar-refractivity contribution in [2.24, 2.45) is 0 Å². The quantitative estimate of drug-likeness (QED) is 0.821. The van der Waals surface area contributed by atoms with E-state index < -0.39 is 5.82 Å². The maximum Gasteiger partial charge on any atom is 0.262 e. The van der Waals surface area contributed by atoms with Gasteiger partial charge in [-0.05, 0) is 30.0 Å². The molecule has 0 bridgehead atoms. The Kier molecular flexibility index (Phi) is 5.63. The van der Waals surface area contributed by atoms with Gasteiger partial charge in [0.25, 0.3) is 5.91 Å². The van der Waals surface area contributed by atoms with E-state index in [1.165, 1.54) is 12.1 Å². The van der Waals surface area contributed by atoms with Crippen LogP contribution in [0.1, 0.15) is 6.92 Å². The van der Waals surface area contributed by atoms with Gasteiger partial charge in [-0.2, -0.15) is 0 Å². The largest absolute Gasteiger partial charge is 0.481 e. The summed E-state index contributed by atoms with van der Waals surface area (Å²) >= 11 is 1.65. The van der Waals surface area contributed by atoms with Crippen molar-refractivity contribution in [2.75, 3.05) is 17.7 Å². The molecule has 0 atom stereocenters. The van der Waals surface area contributed by atoms with Gasteiger partial charge in [0.2, 0.25) is 0 Å². The zero-order chi connectivity index (χ0) is 15.1. The molecular weight excluding hydrogens is 289 g/mol. The van der Waals surface area contributed by atoms with Crippen LogP contribution in [0.2, 0.25) is 0 Å². The number of anilines is 1. The first-order valence-corrected chi connectivity index (χ1v) is 7.58. The molecule has 0 aliphatic rings. The van der Waals surface area contributed by atoms with Crippen molar-refractivity contribution in [3.05, 3.63) is 54.3 Å². The number of para-hydroxylation sites is 2. The number of benzene rings is 2. The molecule has 0 aromatic heterocycles. The molecule has 110 valence electrons. The van der Waals surface area contributed by atoms with Crippen LogP contribution in [0.5, 0.6) is 5.75 Å². The van der Waals surface area contributed by atoms with Gasteiger partial charge in [-0.25, -0.2) is 4.39 Å². The number of ether oxygens (including phenoxy) is 1. The summed E-state index contributed by atoms with van der Waals surface area (Å²) in [6, 6.07) is 13.6. The van der Waals surface area contributed by atoms with Gasteiger partial charge in [-0.3, -0.25) is 4.79 Å². The van der Waals surface area contributed by atoms with E-state index in [1.807, 2.05) is 31.2 Å². The highest BCUT2D eigenvalue weighted by Crippen LogP contribution is 2.26. The number of thioether (sulfide) groups is 1. The molecule has 1 N–H and O–H groups in total. The highest BCUT2D eigenvalue weighted by atomic mass is 32.2. The molecule has 21 heavy (non-hydrogen) atoms. The predicted molar refractivity (Wildman–Crippen MR) is 83.4 cm³/mol. The average molecular weight is 305 g/mol. The van der Waals surface area contributed by atoms with Crippen LogP contribution in [0, 0.1) is 5.82 Å². The van der Waals surface area contributed by atoms with Crippen LogP contribution in [-0.2, 0) is 4.79 Å². The molecule has 0 saturated carbocycles. The first kappa shape index (κ1) is 15.4. The van der Waals surface area contributed by atoms with Crippen molar-refractivity contribution in [3.8, 4) is 5.75 Å². The number of hydrogen-bond donors (Lipinski definition) is 1. The minimum absolute atomic E-state index is 0.0730. The minimum Gasteiger partial charge on any atom is -0.481 e. The van der Waals surface area contributed by atoms with Gasteiger partial charge in [0, 0.05) is 4.90 Å². The Balaban J connectivity index is 1.95.